The van der Waals surface area contributed by atoms with Gasteiger partial charge in [-0.25, -0.2) is 13.1 Å². The van der Waals surface area contributed by atoms with Gasteiger partial charge in [0.1, 0.15) is 0 Å². The first-order valence-electron chi connectivity index (χ1n) is 5.66. The van der Waals surface area contributed by atoms with Crippen molar-refractivity contribution in [2.75, 3.05) is 5.73 Å². The van der Waals surface area contributed by atoms with Crippen LogP contribution in [0, 0.1) is 0 Å². The molecule has 1 aromatic rings. The molecular weight excluding hydrogens is 236 g/mol. The molecule has 5 heteroatoms. The van der Waals surface area contributed by atoms with Gasteiger partial charge >= 0.3 is 0 Å². The summed E-state index contributed by atoms with van der Waals surface area (Å²) in [6.45, 7) is 5.78. The maximum absolute atomic E-state index is 12.1. The highest BCUT2D eigenvalue weighted by Gasteiger charge is 2.25. The molecule has 96 valence electrons. The Morgan fingerprint density at radius 2 is 2.00 bits per heavy atom. The smallest absolute Gasteiger partial charge is 0.241 e. The monoisotopic (exact) mass is 256 g/mol. The molecule has 0 saturated carbocycles. The minimum atomic E-state index is -3.49. The molecule has 1 aromatic carbocycles. The molecule has 0 aliphatic carbocycles. The number of hydrogen-bond acceptors (Lipinski definition) is 3. The second-order valence-electron chi connectivity index (χ2n) is 4.81. The van der Waals surface area contributed by atoms with Crippen molar-refractivity contribution in [2.24, 2.45) is 0 Å². The third-order valence-electron chi connectivity index (χ3n) is 2.45. The maximum atomic E-state index is 12.1. The van der Waals surface area contributed by atoms with Crippen LogP contribution in [0.1, 0.15) is 33.6 Å². The third-order valence-corrected chi connectivity index (χ3v) is 4.15. The van der Waals surface area contributed by atoms with Crippen LogP contribution in [0.3, 0.4) is 0 Å². The summed E-state index contributed by atoms with van der Waals surface area (Å²) in [6, 6.07) is 6.30. The predicted octanol–water partition coefficient (Wildman–Crippen LogP) is 2.13. The van der Waals surface area contributed by atoms with Gasteiger partial charge in [-0.05, 0) is 38.5 Å². The highest BCUT2D eigenvalue weighted by Crippen LogP contribution is 2.18. The van der Waals surface area contributed by atoms with Gasteiger partial charge in [-0.2, -0.15) is 0 Å². The zero-order valence-electron chi connectivity index (χ0n) is 10.5. The fourth-order valence-corrected chi connectivity index (χ4v) is 3.28. The van der Waals surface area contributed by atoms with Crippen LogP contribution in [-0.4, -0.2) is 14.0 Å². The molecular formula is C12H20N2O2S. The van der Waals surface area contributed by atoms with Gasteiger partial charge in [-0.15, -0.1) is 0 Å². The van der Waals surface area contributed by atoms with Crippen LogP contribution in [-0.2, 0) is 10.0 Å². The van der Waals surface area contributed by atoms with Crippen LogP contribution in [0.25, 0.3) is 0 Å². The SMILES string of the molecule is CCCC(C)(C)NS(=O)(=O)c1cccc(N)c1. The van der Waals surface area contributed by atoms with Crippen molar-refractivity contribution >= 4 is 15.7 Å². The van der Waals surface area contributed by atoms with Crippen molar-refractivity contribution in [1.82, 2.24) is 4.72 Å². The van der Waals surface area contributed by atoms with Crippen LogP contribution in [0.4, 0.5) is 5.69 Å². The quantitative estimate of drug-likeness (QED) is 0.793. The van der Waals surface area contributed by atoms with Gasteiger partial charge < -0.3 is 5.73 Å². The van der Waals surface area contributed by atoms with E-state index in [1.165, 1.54) is 6.07 Å². The summed E-state index contributed by atoms with van der Waals surface area (Å²) in [4.78, 5) is 0.210. The zero-order chi connectivity index (χ0) is 13.1. The molecule has 0 unspecified atom stereocenters. The molecule has 0 aliphatic heterocycles. The fourth-order valence-electron chi connectivity index (χ4n) is 1.78. The summed E-state index contributed by atoms with van der Waals surface area (Å²) in [5.74, 6) is 0. The minimum absolute atomic E-state index is 0.210. The molecule has 0 bridgehead atoms. The minimum Gasteiger partial charge on any atom is -0.399 e. The predicted molar refractivity (Wildman–Crippen MR) is 70.2 cm³/mol. The number of sulfonamides is 1. The Balaban J connectivity index is 2.97. The second kappa shape index (κ2) is 5.06. The average molecular weight is 256 g/mol. The normalized spacial score (nSPS) is 12.6. The van der Waals surface area contributed by atoms with E-state index in [4.69, 9.17) is 5.73 Å². The number of nitrogens with two attached hydrogens (primary N) is 1. The van der Waals surface area contributed by atoms with E-state index >= 15 is 0 Å². The number of nitrogen functional groups attached to an aromatic ring is 1. The van der Waals surface area contributed by atoms with E-state index in [-0.39, 0.29) is 4.90 Å². The molecule has 3 N–H and O–H groups in total. The zero-order valence-corrected chi connectivity index (χ0v) is 11.3. The third kappa shape index (κ3) is 4.02. The van der Waals surface area contributed by atoms with E-state index in [0.29, 0.717) is 5.69 Å². The molecule has 17 heavy (non-hydrogen) atoms. The summed E-state index contributed by atoms with van der Waals surface area (Å²) in [5, 5.41) is 0. The molecule has 0 atom stereocenters. The van der Waals surface area contributed by atoms with Crippen LogP contribution in [0.15, 0.2) is 29.2 Å². The summed E-state index contributed by atoms with van der Waals surface area (Å²) in [5.41, 5.74) is 5.58. The lowest BCUT2D eigenvalue weighted by Gasteiger charge is -2.25. The van der Waals surface area contributed by atoms with Gasteiger partial charge in [-0.1, -0.05) is 19.4 Å². The van der Waals surface area contributed by atoms with E-state index < -0.39 is 15.6 Å². The van der Waals surface area contributed by atoms with E-state index in [1.807, 2.05) is 20.8 Å². The Kier molecular flexibility index (Phi) is 4.16. The summed E-state index contributed by atoms with van der Waals surface area (Å²) >= 11 is 0. The molecule has 1 rings (SSSR count). The number of anilines is 1. The maximum Gasteiger partial charge on any atom is 0.241 e. The Morgan fingerprint density at radius 1 is 1.35 bits per heavy atom. The van der Waals surface area contributed by atoms with Crippen LogP contribution < -0.4 is 10.5 Å². The molecule has 0 fully saturated rings. The summed E-state index contributed by atoms with van der Waals surface area (Å²) in [6.07, 6.45) is 1.71. The molecule has 0 amide bonds. The highest BCUT2D eigenvalue weighted by atomic mass is 32.2. The molecule has 4 nitrogen and oxygen atoms in total. The topological polar surface area (TPSA) is 72.2 Å². The first-order valence-corrected chi connectivity index (χ1v) is 7.15. The first-order chi connectivity index (χ1) is 7.77. The molecule has 0 aliphatic rings. The van der Waals surface area contributed by atoms with E-state index in [9.17, 15) is 8.42 Å². The number of hydrogen-bond donors (Lipinski definition) is 2. The van der Waals surface area contributed by atoms with Gasteiger partial charge in [0, 0.05) is 11.2 Å². The van der Waals surface area contributed by atoms with Gasteiger partial charge in [-0.3, -0.25) is 0 Å². The van der Waals surface area contributed by atoms with Crippen molar-refractivity contribution in [3.8, 4) is 0 Å². The van der Waals surface area contributed by atoms with E-state index in [1.54, 1.807) is 18.2 Å². The van der Waals surface area contributed by atoms with Crippen molar-refractivity contribution in [3.05, 3.63) is 24.3 Å². The Bertz CT molecular complexity index is 481. The molecule has 0 spiro atoms. The standard InChI is InChI=1S/C12H20N2O2S/c1-4-8-12(2,3)14-17(15,16)11-7-5-6-10(13)9-11/h5-7,9,14H,4,8,13H2,1-3H3. The van der Waals surface area contributed by atoms with Crippen molar-refractivity contribution in [3.63, 3.8) is 0 Å². The first kappa shape index (κ1) is 14.0. The summed E-state index contributed by atoms with van der Waals surface area (Å²) < 4.78 is 26.9. The van der Waals surface area contributed by atoms with Crippen molar-refractivity contribution < 1.29 is 8.42 Å². The lowest BCUT2D eigenvalue weighted by molar-refractivity contribution is 0.418. The molecule has 0 aromatic heterocycles. The Morgan fingerprint density at radius 3 is 2.53 bits per heavy atom. The van der Waals surface area contributed by atoms with Crippen molar-refractivity contribution in [1.29, 1.82) is 0 Å². The van der Waals surface area contributed by atoms with Crippen LogP contribution >= 0.6 is 0 Å². The van der Waals surface area contributed by atoms with Gasteiger partial charge in [0.15, 0.2) is 0 Å². The second-order valence-corrected chi connectivity index (χ2v) is 6.49. The van der Waals surface area contributed by atoms with Crippen LogP contribution in [0.5, 0.6) is 0 Å². The lowest BCUT2D eigenvalue weighted by Crippen LogP contribution is -2.43. The van der Waals surface area contributed by atoms with Gasteiger partial charge in [0.2, 0.25) is 10.0 Å². The van der Waals surface area contributed by atoms with Gasteiger partial charge in [0.05, 0.1) is 4.90 Å². The highest BCUT2D eigenvalue weighted by molar-refractivity contribution is 7.89. The van der Waals surface area contributed by atoms with Gasteiger partial charge in [0.25, 0.3) is 0 Å². The molecule has 0 saturated heterocycles. The molecule has 0 heterocycles. The molecule has 0 radical (unpaired) electrons. The largest absolute Gasteiger partial charge is 0.399 e. The van der Waals surface area contributed by atoms with Crippen LogP contribution in [0.2, 0.25) is 0 Å². The Labute approximate surface area is 103 Å². The van der Waals surface area contributed by atoms with E-state index in [0.717, 1.165) is 12.8 Å². The lowest BCUT2D eigenvalue weighted by atomic mass is 10.0. The van der Waals surface area contributed by atoms with Crippen molar-refractivity contribution in [2.45, 2.75) is 44.0 Å². The number of benzene rings is 1. The fraction of sp³-hybridized carbons (Fsp3) is 0.500. The Hall–Kier alpha value is -1.07. The number of rotatable bonds is 5. The number of nitrogens with one attached hydrogen (secondary N) is 1. The summed E-state index contributed by atoms with van der Waals surface area (Å²) in [7, 11) is -3.49. The van der Waals surface area contributed by atoms with E-state index in [2.05, 4.69) is 4.72 Å². The average Bonchev–Trinajstić information content (AvgIpc) is 2.15.